The minimum absolute atomic E-state index is 0.0111. The number of aromatic nitrogens is 4. The molecule has 2 aromatic carbocycles. The lowest BCUT2D eigenvalue weighted by atomic mass is 9.99. The number of aromatic amines is 1. The van der Waals surface area contributed by atoms with Gasteiger partial charge >= 0.3 is 5.97 Å². The Morgan fingerprint density at radius 3 is 2.39 bits per heavy atom. The summed E-state index contributed by atoms with van der Waals surface area (Å²) in [5.41, 5.74) is 1.88. The van der Waals surface area contributed by atoms with Crippen LogP contribution in [0.1, 0.15) is 30.2 Å². The highest BCUT2D eigenvalue weighted by atomic mass is 16.7. The maximum atomic E-state index is 11.5. The molecule has 0 aliphatic carbocycles. The summed E-state index contributed by atoms with van der Waals surface area (Å²) in [6.45, 7) is 0.0111. The van der Waals surface area contributed by atoms with Gasteiger partial charge in [-0.25, -0.2) is 14.8 Å². The van der Waals surface area contributed by atoms with E-state index < -0.39 is 36.7 Å². The maximum Gasteiger partial charge on any atom is 0.335 e. The molecule has 4 heterocycles. The van der Waals surface area contributed by atoms with Crippen LogP contribution in [0.15, 0.2) is 59.9 Å². The van der Waals surface area contributed by atoms with Crippen LogP contribution in [0.25, 0.3) is 23.3 Å². The molecule has 6 rings (SSSR count). The van der Waals surface area contributed by atoms with Crippen LogP contribution in [0.2, 0.25) is 0 Å². The minimum Gasteiger partial charge on any atom is -0.508 e. The van der Waals surface area contributed by atoms with Gasteiger partial charge in [0, 0.05) is 6.07 Å². The van der Waals surface area contributed by atoms with Crippen LogP contribution in [-0.2, 0) is 14.3 Å². The first-order valence-electron chi connectivity index (χ1n) is 14.1. The van der Waals surface area contributed by atoms with Gasteiger partial charge in [-0.05, 0) is 48.2 Å². The summed E-state index contributed by atoms with van der Waals surface area (Å²) < 4.78 is 17.8. The number of nitrogens with zero attached hydrogens (tertiary/aromatic N) is 3. The van der Waals surface area contributed by atoms with Crippen molar-refractivity contribution in [3.05, 3.63) is 76.6 Å². The Hall–Kier alpha value is -4.84. The molecule has 2 aliphatic heterocycles. The van der Waals surface area contributed by atoms with Crippen LogP contribution < -0.4 is 10.3 Å². The summed E-state index contributed by atoms with van der Waals surface area (Å²) in [4.78, 5) is 33.2. The standard InChI is InChI=1S/C20H20O9.C10H12N4O3/c21-12-5-3-10(4-6-12)1-2-11-7-13(22)9-14(8-11)28-20-17(25)15(23)16(24)18(29-20)19(26)27;15-3-6-1-2-7(17-6)14-5-13-8-9(14)11-4-12-10(8)16/h1-9,15-18,20-25H,(H,26,27);4-7,15H,1-3H2,(H,11,12,16)/b2-1+;/t15-,16-,17+,18-,20+;6-,7+/m00/s1. The average molecular weight is 641 g/mol. The number of carboxylic acid groups (broad SMARTS) is 1. The van der Waals surface area contributed by atoms with Crippen LogP contribution in [0.5, 0.6) is 17.2 Å². The van der Waals surface area contributed by atoms with Gasteiger partial charge in [-0.15, -0.1) is 0 Å². The van der Waals surface area contributed by atoms with Gasteiger partial charge in [-0.2, -0.15) is 0 Å². The second kappa shape index (κ2) is 14.1. The van der Waals surface area contributed by atoms with E-state index in [1.165, 1.54) is 36.7 Å². The zero-order valence-corrected chi connectivity index (χ0v) is 24.0. The Labute approximate surface area is 260 Å². The number of phenols is 2. The Morgan fingerprint density at radius 1 is 0.957 bits per heavy atom. The van der Waals surface area contributed by atoms with Crippen molar-refractivity contribution in [1.29, 1.82) is 0 Å². The molecule has 0 saturated carbocycles. The number of phenolic OH excluding ortho intramolecular Hbond substituents is 2. The molecule has 2 aromatic heterocycles. The van der Waals surface area contributed by atoms with Crippen LogP contribution in [0, 0.1) is 0 Å². The molecule has 244 valence electrons. The third-order valence-electron chi connectivity index (χ3n) is 7.30. The van der Waals surface area contributed by atoms with Crippen molar-refractivity contribution in [2.45, 2.75) is 55.9 Å². The van der Waals surface area contributed by atoms with Crippen LogP contribution >= 0.6 is 0 Å². The van der Waals surface area contributed by atoms with E-state index in [2.05, 4.69) is 15.0 Å². The van der Waals surface area contributed by atoms with E-state index in [1.807, 2.05) is 0 Å². The molecule has 16 nitrogen and oxygen atoms in total. The fourth-order valence-corrected chi connectivity index (χ4v) is 4.93. The first-order chi connectivity index (χ1) is 22.0. The summed E-state index contributed by atoms with van der Waals surface area (Å²) in [5.74, 6) is -1.50. The van der Waals surface area contributed by atoms with Crippen molar-refractivity contribution in [2.24, 2.45) is 0 Å². The number of rotatable bonds is 7. The molecular formula is C30H32N4O12. The number of hydrogen-bond acceptors (Lipinski definition) is 13. The van der Waals surface area contributed by atoms with Gasteiger partial charge in [0.05, 0.1) is 25.4 Å². The van der Waals surface area contributed by atoms with Gasteiger partial charge in [0.15, 0.2) is 17.3 Å². The number of imidazole rings is 1. The number of aromatic hydroxyl groups is 2. The Kier molecular flexibility index (Phi) is 9.96. The number of carboxylic acids is 1. The summed E-state index contributed by atoms with van der Waals surface area (Å²) in [5, 5.41) is 66.9. The van der Waals surface area contributed by atoms with Gasteiger partial charge in [-0.3, -0.25) is 9.36 Å². The second-order valence-corrected chi connectivity index (χ2v) is 10.6. The topological polar surface area (TPSA) is 250 Å². The Morgan fingerprint density at radius 2 is 1.70 bits per heavy atom. The highest BCUT2D eigenvalue weighted by molar-refractivity contribution is 5.73. The molecule has 2 fully saturated rings. The number of carbonyl (C=O) groups is 1. The fourth-order valence-electron chi connectivity index (χ4n) is 4.93. The SMILES string of the molecule is O=C(O)[C@H]1O[C@@H](Oc2cc(O)cc(/C=C/c3ccc(O)cc3)c2)[C@H](O)[C@@H](O)[C@@H]1O.O=c1[nH]cnc2c1ncn2[C@H]1CC[C@@H](CO)O1. The predicted octanol–water partition coefficient (Wildman–Crippen LogP) is 0.329. The van der Waals surface area contributed by atoms with E-state index in [-0.39, 0.29) is 41.7 Å². The third-order valence-corrected chi connectivity index (χ3v) is 7.30. The van der Waals surface area contributed by atoms with Crippen LogP contribution in [0.4, 0.5) is 0 Å². The van der Waals surface area contributed by atoms with Crippen molar-refractivity contribution in [3.63, 3.8) is 0 Å². The molecule has 4 aromatic rings. The second-order valence-electron chi connectivity index (χ2n) is 10.6. The molecule has 16 heteroatoms. The quantitative estimate of drug-likeness (QED) is 0.127. The van der Waals surface area contributed by atoms with Crippen LogP contribution in [-0.4, -0.2) is 105 Å². The number of benzene rings is 2. The van der Waals surface area contributed by atoms with Crippen molar-refractivity contribution in [3.8, 4) is 17.2 Å². The van der Waals surface area contributed by atoms with Crippen LogP contribution in [0.3, 0.4) is 0 Å². The van der Waals surface area contributed by atoms with Crippen molar-refractivity contribution in [1.82, 2.24) is 19.5 Å². The number of fused-ring (bicyclic) bond motifs is 1. The van der Waals surface area contributed by atoms with Gasteiger partial charge in [-0.1, -0.05) is 24.3 Å². The largest absolute Gasteiger partial charge is 0.508 e. The summed E-state index contributed by atoms with van der Waals surface area (Å²) in [6.07, 6.45) is -1.16. The number of aliphatic hydroxyl groups is 4. The molecule has 0 spiro atoms. The summed E-state index contributed by atoms with van der Waals surface area (Å²) in [7, 11) is 0. The highest BCUT2D eigenvalue weighted by Crippen LogP contribution is 2.30. The number of hydrogen-bond donors (Lipinski definition) is 8. The molecule has 0 radical (unpaired) electrons. The Balaban J connectivity index is 0.000000207. The molecule has 2 aliphatic rings. The van der Waals surface area contributed by atoms with Crippen molar-refractivity contribution in [2.75, 3.05) is 6.61 Å². The fraction of sp³-hybridized carbons (Fsp3) is 0.333. The number of aliphatic carboxylic acids is 1. The molecular weight excluding hydrogens is 608 g/mol. The van der Waals surface area contributed by atoms with E-state index in [9.17, 15) is 35.1 Å². The maximum absolute atomic E-state index is 11.5. The lowest BCUT2D eigenvalue weighted by molar-refractivity contribution is -0.271. The van der Waals surface area contributed by atoms with Crippen molar-refractivity contribution < 1.29 is 54.8 Å². The number of H-pyrrole nitrogens is 1. The van der Waals surface area contributed by atoms with E-state index in [0.29, 0.717) is 16.7 Å². The third kappa shape index (κ3) is 7.34. The molecule has 8 N–H and O–H groups in total. The van der Waals surface area contributed by atoms with Gasteiger partial charge in [0.1, 0.15) is 41.8 Å². The molecule has 2 saturated heterocycles. The number of ether oxygens (including phenoxy) is 3. The average Bonchev–Trinajstić information content (AvgIpc) is 3.69. The van der Waals surface area contributed by atoms with E-state index in [4.69, 9.17) is 24.4 Å². The minimum atomic E-state index is -1.82. The summed E-state index contributed by atoms with van der Waals surface area (Å²) in [6, 6.07) is 10.6. The zero-order chi connectivity index (χ0) is 33.0. The smallest absolute Gasteiger partial charge is 0.335 e. The molecule has 0 unspecified atom stereocenters. The van der Waals surface area contributed by atoms with Gasteiger partial charge in [0.25, 0.3) is 5.56 Å². The van der Waals surface area contributed by atoms with E-state index >= 15 is 0 Å². The molecule has 46 heavy (non-hydrogen) atoms. The first kappa shape index (κ1) is 32.6. The monoisotopic (exact) mass is 640 g/mol. The number of aliphatic hydroxyl groups excluding tert-OH is 4. The highest BCUT2D eigenvalue weighted by Gasteiger charge is 2.48. The van der Waals surface area contributed by atoms with Gasteiger partial charge in [0.2, 0.25) is 6.29 Å². The summed E-state index contributed by atoms with van der Waals surface area (Å²) >= 11 is 0. The van der Waals surface area contributed by atoms with E-state index in [0.717, 1.165) is 18.4 Å². The Bertz CT molecular complexity index is 1740. The lowest BCUT2D eigenvalue weighted by Crippen LogP contribution is -2.61. The lowest BCUT2D eigenvalue weighted by Gasteiger charge is -2.38. The van der Waals surface area contributed by atoms with E-state index in [1.54, 1.807) is 35.2 Å². The molecule has 0 amide bonds. The first-order valence-corrected chi connectivity index (χ1v) is 14.1. The normalized spacial score (nSPS) is 26.1. The number of nitrogens with one attached hydrogen (secondary N) is 1. The zero-order valence-electron chi connectivity index (χ0n) is 24.0. The molecule has 0 bridgehead atoms. The predicted molar refractivity (Wildman–Crippen MR) is 158 cm³/mol. The molecule has 7 atom stereocenters. The van der Waals surface area contributed by atoms with Gasteiger partial charge < -0.3 is 54.9 Å². The van der Waals surface area contributed by atoms with Crippen molar-refractivity contribution >= 4 is 29.3 Å².